The molecule has 2 aromatic rings. The van der Waals surface area contributed by atoms with Crippen LogP contribution in [0, 0.1) is 19.8 Å². The van der Waals surface area contributed by atoms with Crippen LogP contribution in [0.1, 0.15) is 34.3 Å². The maximum Gasteiger partial charge on any atom is 0.257 e. The fraction of sp³-hybridized carbons (Fsp3) is 0.364. The molecule has 172 valence electrons. The molecule has 1 aliphatic rings. The molecule has 3 rings (SSSR count). The highest BCUT2D eigenvalue weighted by molar-refractivity contribution is 7.89. The second-order valence-corrected chi connectivity index (χ2v) is 9.86. The van der Waals surface area contributed by atoms with E-state index < -0.39 is 10.0 Å². The minimum Gasteiger partial charge on any atom is -0.496 e. The van der Waals surface area contributed by atoms with Gasteiger partial charge in [-0.25, -0.2) is 13.6 Å². The van der Waals surface area contributed by atoms with Crippen molar-refractivity contribution in [2.24, 2.45) is 11.1 Å². The van der Waals surface area contributed by atoms with Crippen molar-refractivity contribution in [3.05, 3.63) is 52.0 Å². The van der Waals surface area contributed by atoms with Gasteiger partial charge in [-0.05, 0) is 68.1 Å². The van der Waals surface area contributed by atoms with Crippen molar-refractivity contribution in [2.75, 3.05) is 25.5 Å². The fourth-order valence-corrected chi connectivity index (χ4v) is 4.51. The Morgan fingerprint density at radius 3 is 2.41 bits per heavy atom. The van der Waals surface area contributed by atoms with Gasteiger partial charge in [0.25, 0.3) is 5.91 Å². The van der Waals surface area contributed by atoms with Crippen molar-refractivity contribution in [3.8, 4) is 5.75 Å². The highest BCUT2D eigenvalue weighted by Crippen LogP contribution is 2.28. The molecule has 1 aliphatic heterocycles. The number of amides is 2. The third kappa shape index (κ3) is 5.23. The molecule has 0 spiro atoms. The third-order valence-corrected chi connectivity index (χ3v) is 6.90. The van der Waals surface area contributed by atoms with Crippen LogP contribution < -0.4 is 15.2 Å². The molecular weight excluding hydrogens is 454 g/mol. The van der Waals surface area contributed by atoms with E-state index in [2.05, 4.69) is 5.32 Å². The molecule has 2 aromatic carbocycles. The smallest absolute Gasteiger partial charge is 0.257 e. The second-order valence-electron chi connectivity index (χ2n) is 7.86. The molecule has 3 N–H and O–H groups in total. The second kappa shape index (κ2) is 9.48. The van der Waals surface area contributed by atoms with Crippen LogP contribution in [0.2, 0.25) is 5.02 Å². The minimum absolute atomic E-state index is 0.0493. The molecule has 1 saturated heterocycles. The van der Waals surface area contributed by atoms with Crippen molar-refractivity contribution in [1.82, 2.24) is 4.90 Å². The van der Waals surface area contributed by atoms with Gasteiger partial charge in [-0.15, -0.1) is 0 Å². The van der Waals surface area contributed by atoms with Crippen molar-refractivity contribution >= 4 is 39.1 Å². The highest BCUT2D eigenvalue weighted by atomic mass is 35.5. The van der Waals surface area contributed by atoms with Gasteiger partial charge in [-0.1, -0.05) is 11.6 Å². The van der Waals surface area contributed by atoms with Crippen LogP contribution in [0.5, 0.6) is 5.75 Å². The van der Waals surface area contributed by atoms with Gasteiger partial charge in [0.1, 0.15) is 5.75 Å². The number of likely N-dealkylation sites (tertiary alicyclic amines) is 1. The first-order valence-electron chi connectivity index (χ1n) is 10.1. The van der Waals surface area contributed by atoms with Gasteiger partial charge in [-0.3, -0.25) is 9.59 Å². The first kappa shape index (κ1) is 24.0. The number of methoxy groups -OCH3 is 1. The number of hydrogen-bond acceptors (Lipinski definition) is 5. The monoisotopic (exact) mass is 479 g/mol. The van der Waals surface area contributed by atoms with E-state index in [-0.39, 0.29) is 22.6 Å². The Morgan fingerprint density at radius 2 is 1.81 bits per heavy atom. The molecule has 10 heteroatoms. The van der Waals surface area contributed by atoms with Gasteiger partial charge in [0.05, 0.1) is 17.6 Å². The Morgan fingerprint density at radius 1 is 1.16 bits per heavy atom. The number of benzene rings is 2. The zero-order valence-electron chi connectivity index (χ0n) is 18.1. The average molecular weight is 480 g/mol. The summed E-state index contributed by atoms with van der Waals surface area (Å²) in [6.45, 7) is 4.37. The zero-order valence-corrected chi connectivity index (χ0v) is 19.7. The Hall–Kier alpha value is -2.62. The first-order valence-corrected chi connectivity index (χ1v) is 12.0. The number of nitrogens with zero attached hydrogens (tertiary/aromatic N) is 1. The van der Waals surface area contributed by atoms with Crippen LogP contribution >= 0.6 is 11.6 Å². The summed E-state index contributed by atoms with van der Waals surface area (Å²) in [5.41, 5.74) is 2.28. The summed E-state index contributed by atoms with van der Waals surface area (Å²) in [5.74, 6) is -0.278. The summed E-state index contributed by atoms with van der Waals surface area (Å²) < 4.78 is 28.7. The molecule has 0 atom stereocenters. The van der Waals surface area contributed by atoms with E-state index >= 15 is 0 Å². The molecule has 8 nitrogen and oxygen atoms in total. The summed E-state index contributed by atoms with van der Waals surface area (Å²) >= 11 is 6.04. The summed E-state index contributed by atoms with van der Waals surface area (Å²) in [6, 6.07) is 7.73. The number of primary sulfonamides is 1. The summed E-state index contributed by atoms with van der Waals surface area (Å²) in [6.07, 6.45) is 0.959. The van der Waals surface area contributed by atoms with Gasteiger partial charge in [0.2, 0.25) is 15.9 Å². The molecule has 1 fully saturated rings. The summed E-state index contributed by atoms with van der Waals surface area (Å²) in [7, 11) is -2.40. The van der Waals surface area contributed by atoms with Crippen LogP contribution in [0.15, 0.2) is 35.2 Å². The largest absolute Gasteiger partial charge is 0.496 e. The number of carbonyl (C=O) groups is 2. The molecule has 0 aliphatic carbocycles. The number of carbonyl (C=O) groups excluding carboxylic acids is 2. The number of ether oxygens (including phenoxy) is 1. The predicted molar refractivity (Wildman–Crippen MR) is 123 cm³/mol. The number of hydrogen-bond donors (Lipinski definition) is 2. The Labute approximate surface area is 192 Å². The number of rotatable bonds is 5. The topological polar surface area (TPSA) is 119 Å². The van der Waals surface area contributed by atoms with Crippen molar-refractivity contribution in [3.63, 3.8) is 0 Å². The normalized spacial score (nSPS) is 14.8. The van der Waals surface area contributed by atoms with Crippen LogP contribution in [0.3, 0.4) is 0 Å². The van der Waals surface area contributed by atoms with Crippen molar-refractivity contribution < 1.29 is 22.7 Å². The fourth-order valence-electron chi connectivity index (χ4n) is 3.72. The lowest BCUT2D eigenvalue weighted by atomic mass is 9.95. The van der Waals surface area contributed by atoms with Gasteiger partial charge in [0.15, 0.2) is 0 Å². The number of nitrogens with one attached hydrogen (secondary N) is 1. The van der Waals surface area contributed by atoms with E-state index in [1.165, 1.54) is 19.2 Å². The van der Waals surface area contributed by atoms with Crippen LogP contribution in [-0.2, 0) is 14.8 Å². The van der Waals surface area contributed by atoms with Crippen molar-refractivity contribution in [2.45, 2.75) is 31.6 Å². The van der Waals surface area contributed by atoms with Gasteiger partial charge < -0.3 is 15.0 Å². The number of sulfonamides is 1. The molecule has 1 heterocycles. The Kier molecular flexibility index (Phi) is 7.12. The minimum atomic E-state index is -3.89. The lowest BCUT2D eigenvalue weighted by molar-refractivity contribution is -0.121. The molecule has 0 unspecified atom stereocenters. The van der Waals surface area contributed by atoms with E-state index in [1.54, 1.807) is 36.9 Å². The standard InChI is InChI=1S/C22H26ClN3O5S/c1-13-10-17(32(24,29)30)12-19(14(13)2)25-21(27)15-6-8-26(9-7-15)22(28)18-11-16(23)4-5-20(18)31-3/h4-5,10-12,15H,6-9H2,1-3H3,(H,25,27)(H2,24,29,30). The molecule has 0 aromatic heterocycles. The van der Waals surface area contributed by atoms with Crippen molar-refractivity contribution in [1.29, 1.82) is 0 Å². The SMILES string of the molecule is COc1ccc(Cl)cc1C(=O)N1CCC(C(=O)Nc2cc(S(N)(=O)=O)cc(C)c2C)CC1. The van der Waals surface area contributed by atoms with E-state index in [0.717, 1.165) is 5.56 Å². The summed E-state index contributed by atoms with van der Waals surface area (Å²) in [4.78, 5) is 27.4. The lowest BCUT2D eigenvalue weighted by Gasteiger charge is -2.32. The third-order valence-electron chi connectivity index (χ3n) is 5.77. The maximum atomic E-state index is 12.9. The van der Waals surface area contributed by atoms with E-state index in [1.807, 2.05) is 0 Å². The Bertz CT molecular complexity index is 1160. The number of piperidine rings is 1. The van der Waals surface area contributed by atoms with Gasteiger partial charge in [-0.2, -0.15) is 0 Å². The number of nitrogens with two attached hydrogens (primary N) is 1. The molecule has 2 amide bonds. The van der Waals surface area contributed by atoms with E-state index in [4.69, 9.17) is 21.5 Å². The molecular formula is C22H26ClN3O5S. The van der Waals surface area contributed by atoms with Crippen LogP contribution in [0.4, 0.5) is 5.69 Å². The first-order chi connectivity index (χ1) is 15.0. The quantitative estimate of drug-likeness (QED) is 0.682. The average Bonchev–Trinajstić information content (AvgIpc) is 2.75. The summed E-state index contributed by atoms with van der Waals surface area (Å²) in [5, 5.41) is 8.52. The molecule has 0 radical (unpaired) electrons. The Balaban J connectivity index is 1.69. The van der Waals surface area contributed by atoms with E-state index in [9.17, 15) is 18.0 Å². The van der Waals surface area contributed by atoms with Crippen LogP contribution in [0.25, 0.3) is 0 Å². The molecule has 0 bridgehead atoms. The molecule has 0 saturated carbocycles. The predicted octanol–water partition coefficient (Wildman–Crippen LogP) is 3.10. The highest BCUT2D eigenvalue weighted by Gasteiger charge is 2.29. The van der Waals surface area contributed by atoms with Crippen LogP contribution in [-0.4, -0.2) is 45.3 Å². The number of anilines is 1. The zero-order chi connectivity index (χ0) is 23.6. The maximum absolute atomic E-state index is 12.9. The number of halogens is 1. The number of aryl methyl sites for hydroxylation is 1. The lowest BCUT2D eigenvalue weighted by Crippen LogP contribution is -2.41. The van der Waals surface area contributed by atoms with Gasteiger partial charge >= 0.3 is 0 Å². The van der Waals surface area contributed by atoms with Gasteiger partial charge in [0, 0.05) is 29.7 Å². The molecule has 32 heavy (non-hydrogen) atoms. The van der Waals surface area contributed by atoms with E-state index in [0.29, 0.717) is 53.5 Å².